The Balaban J connectivity index is 1.56. The molecule has 0 N–H and O–H groups in total. The molecule has 2 amide bonds. The number of amides is 2. The van der Waals surface area contributed by atoms with Crippen LogP contribution in [-0.4, -0.2) is 42.4 Å². The molecule has 0 saturated heterocycles. The summed E-state index contributed by atoms with van der Waals surface area (Å²) in [4.78, 5) is 37.6. The molecule has 0 atom stereocenters. The van der Waals surface area contributed by atoms with Crippen molar-refractivity contribution in [2.24, 2.45) is 0 Å². The van der Waals surface area contributed by atoms with Gasteiger partial charge in [0.2, 0.25) is 0 Å². The zero-order chi connectivity index (χ0) is 20.1. The van der Waals surface area contributed by atoms with Crippen LogP contribution >= 0.6 is 15.9 Å². The highest BCUT2D eigenvalue weighted by molar-refractivity contribution is 9.10. The SMILES string of the molecule is CCOc1ccc(Br)cc1/C=C/C(=O)OCCN1C(=O)c2ccccc2C1=O. The zero-order valence-corrected chi connectivity index (χ0v) is 16.8. The molecule has 0 radical (unpaired) electrons. The summed E-state index contributed by atoms with van der Waals surface area (Å²) in [6, 6.07) is 12.1. The number of fused-ring (bicyclic) bond motifs is 1. The summed E-state index contributed by atoms with van der Waals surface area (Å²) < 4.78 is 11.5. The Hall–Kier alpha value is -2.93. The Kier molecular flexibility index (Phi) is 6.26. The first kappa shape index (κ1) is 19.8. The lowest BCUT2D eigenvalue weighted by molar-refractivity contribution is -0.137. The minimum Gasteiger partial charge on any atom is -0.493 e. The molecular formula is C21H18BrNO5. The molecule has 0 aliphatic carbocycles. The fourth-order valence-electron chi connectivity index (χ4n) is 2.82. The molecule has 6 nitrogen and oxygen atoms in total. The van der Waals surface area contributed by atoms with Crippen LogP contribution < -0.4 is 4.74 Å². The Morgan fingerprint density at radius 3 is 2.43 bits per heavy atom. The van der Waals surface area contributed by atoms with Crippen LogP contribution in [0.2, 0.25) is 0 Å². The third-order valence-electron chi connectivity index (χ3n) is 4.11. The predicted molar refractivity (Wildman–Crippen MR) is 107 cm³/mol. The predicted octanol–water partition coefficient (Wildman–Crippen LogP) is 3.70. The van der Waals surface area contributed by atoms with Crippen LogP contribution in [0.3, 0.4) is 0 Å². The van der Waals surface area contributed by atoms with Crippen LogP contribution in [0.1, 0.15) is 33.2 Å². The van der Waals surface area contributed by atoms with Crippen molar-refractivity contribution in [2.45, 2.75) is 6.92 Å². The summed E-state index contributed by atoms with van der Waals surface area (Å²) in [5, 5.41) is 0. The van der Waals surface area contributed by atoms with Crippen LogP contribution in [0, 0.1) is 0 Å². The van der Waals surface area contributed by atoms with E-state index in [0.29, 0.717) is 23.5 Å². The Labute approximate surface area is 170 Å². The van der Waals surface area contributed by atoms with E-state index in [1.807, 2.05) is 19.1 Å². The Morgan fingerprint density at radius 2 is 1.79 bits per heavy atom. The van der Waals surface area contributed by atoms with E-state index < -0.39 is 5.97 Å². The quantitative estimate of drug-likeness (QED) is 0.370. The van der Waals surface area contributed by atoms with Crippen molar-refractivity contribution in [1.82, 2.24) is 4.90 Å². The van der Waals surface area contributed by atoms with Gasteiger partial charge in [0.25, 0.3) is 11.8 Å². The lowest BCUT2D eigenvalue weighted by atomic mass is 10.1. The summed E-state index contributed by atoms with van der Waals surface area (Å²) in [7, 11) is 0. The zero-order valence-electron chi connectivity index (χ0n) is 15.2. The second kappa shape index (κ2) is 8.84. The van der Waals surface area contributed by atoms with Crippen molar-refractivity contribution >= 4 is 39.8 Å². The molecule has 0 aromatic heterocycles. The van der Waals surface area contributed by atoms with Crippen LogP contribution in [0.25, 0.3) is 6.08 Å². The van der Waals surface area contributed by atoms with Crippen molar-refractivity contribution in [2.75, 3.05) is 19.8 Å². The standard InChI is InChI=1S/C21H18BrNO5/c1-2-27-18-9-8-15(22)13-14(18)7-10-19(24)28-12-11-23-20(25)16-5-3-4-6-17(16)21(23)26/h3-10,13H,2,11-12H2,1H3/b10-7+. The number of esters is 1. The smallest absolute Gasteiger partial charge is 0.330 e. The summed E-state index contributed by atoms with van der Waals surface area (Å²) in [5.74, 6) is -0.662. The summed E-state index contributed by atoms with van der Waals surface area (Å²) in [6.07, 6.45) is 2.88. The van der Waals surface area contributed by atoms with Crippen molar-refractivity contribution < 1.29 is 23.9 Å². The third kappa shape index (κ3) is 4.31. The van der Waals surface area contributed by atoms with E-state index in [0.717, 1.165) is 14.9 Å². The normalized spacial score (nSPS) is 13.1. The van der Waals surface area contributed by atoms with Crippen molar-refractivity contribution in [3.05, 3.63) is 69.7 Å². The molecule has 7 heteroatoms. The third-order valence-corrected chi connectivity index (χ3v) is 4.60. The highest BCUT2D eigenvalue weighted by Gasteiger charge is 2.34. The van der Waals surface area contributed by atoms with Crippen molar-refractivity contribution in [3.63, 3.8) is 0 Å². The van der Waals surface area contributed by atoms with Gasteiger partial charge in [-0.3, -0.25) is 14.5 Å². The van der Waals surface area contributed by atoms with Crippen molar-refractivity contribution in [3.8, 4) is 5.75 Å². The van der Waals surface area contributed by atoms with E-state index >= 15 is 0 Å². The first-order chi connectivity index (χ1) is 13.5. The Bertz CT molecular complexity index is 919. The fourth-order valence-corrected chi connectivity index (χ4v) is 3.20. The van der Waals surface area contributed by atoms with E-state index in [2.05, 4.69) is 15.9 Å². The Morgan fingerprint density at radius 1 is 1.11 bits per heavy atom. The van der Waals surface area contributed by atoms with Gasteiger partial charge in [0.05, 0.1) is 24.3 Å². The molecule has 28 heavy (non-hydrogen) atoms. The lowest BCUT2D eigenvalue weighted by Gasteiger charge is -2.13. The number of imide groups is 1. The monoisotopic (exact) mass is 443 g/mol. The summed E-state index contributed by atoms with van der Waals surface area (Å²) in [6.45, 7) is 2.31. The minimum atomic E-state index is -0.570. The molecule has 2 aromatic carbocycles. The molecule has 0 spiro atoms. The van der Waals surface area contributed by atoms with E-state index in [1.54, 1.807) is 36.4 Å². The highest BCUT2D eigenvalue weighted by Crippen LogP contribution is 2.25. The van der Waals surface area contributed by atoms with Gasteiger partial charge in [-0.15, -0.1) is 0 Å². The highest BCUT2D eigenvalue weighted by atomic mass is 79.9. The summed E-state index contributed by atoms with van der Waals surface area (Å²) in [5.41, 5.74) is 1.47. The van der Waals surface area contributed by atoms with Crippen LogP contribution in [0.15, 0.2) is 53.0 Å². The maximum Gasteiger partial charge on any atom is 0.330 e. The number of carbonyl (C=O) groups is 3. The largest absolute Gasteiger partial charge is 0.493 e. The van der Waals surface area contributed by atoms with Crippen LogP contribution in [0.5, 0.6) is 5.75 Å². The first-order valence-electron chi connectivity index (χ1n) is 8.73. The number of carbonyl (C=O) groups excluding carboxylic acids is 3. The van der Waals surface area contributed by atoms with Crippen molar-refractivity contribution in [1.29, 1.82) is 0 Å². The van der Waals surface area contributed by atoms with Gasteiger partial charge in [0.1, 0.15) is 12.4 Å². The molecular weight excluding hydrogens is 426 g/mol. The molecule has 0 fully saturated rings. The van der Waals surface area contributed by atoms with Gasteiger partial charge in [-0.2, -0.15) is 0 Å². The molecule has 1 aliphatic heterocycles. The van der Waals surface area contributed by atoms with Gasteiger partial charge in [-0.25, -0.2) is 4.79 Å². The van der Waals surface area contributed by atoms with Gasteiger partial charge >= 0.3 is 5.97 Å². The molecule has 0 unspecified atom stereocenters. The second-order valence-electron chi connectivity index (χ2n) is 5.92. The molecule has 1 heterocycles. The van der Waals surface area contributed by atoms with E-state index in [4.69, 9.17) is 9.47 Å². The average Bonchev–Trinajstić information content (AvgIpc) is 2.93. The number of ether oxygens (including phenoxy) is 2. The van der Waals surface area contributed by atoms with E-state index in [-0.39, 0.29) is 25.0 Å². The lowest BCUT2D eigenvalue weighted by Crippen LogP contribution is -2.33. The van der Waals surface area contributed by atoms with Gasteiger partial charge in [-0.05, 0) is 43.3 Å². The number of rotatable bonds is 7. The van der Waals surface area contributed by atoms with E-state index in [1.165, 1.54) is 6.08 Å². The van der Waals surface area contributed by atoms with Gasteiger partial charge in [-0.1, -0.05) is 28.1 Å². The summed E-state index contributed by atoms with van der Waals surface area (Å²) >= 11 is 3.38. The van der Waals surface area contributed by atoms with Crippen LogP contribution in [0.4, 0.5) is 0 Å². The minimum absolute atomic E-state index is 0.00695. The van der Waals surface area contributed by atoms with Gasteiger partial charge in [0, 0.05) is 16.1 Å². The molecule has 1 aliphatic rings. The average molecular weight is 444 g/mol. The molecule has 3 rings (SSSR count). The van der Waals surface area contributed by atoms with Crippen LogP contribution in [-0.2, 0) is 9.53 Å². The number of nitrogens with zero attached hydrogens (tertiary/aromatic N) is 1. The van der Waals surface area contributed by atoms with Gasteiger partial charge in [0.15, 0.2) is 0 Å². The first-order valence-corrected chi connectivity index (χ1v) is 9.53. The second-order valence-corrected chi connectivity index (χ2v) is 6.84. The van der Waals surface area contributed by atoms with E-state index in [9.17, 15) is 14.4 Å². The molecule has 0 saturated carbocycles. The number of hydrogen-bond acceptors (Lipinski definition) is 5. The number of hydrogen-bond donors (Lipinski definition) is 0. The maximum absolute atomic E-state index is 12.3. The fraction of sp³-hybridized carbons (Fsp3) is 0.190. The topological polar surface area (TPSA) is 72.9 Å². The number of benzene rings is 2. The maximum atomic E-state index is 12.3. The number of halogens is 1. The molecule has 0 bridgehead atoms. The molecule has 144 valence electrons. The van der Waals surface area contributed by atoms with Gasteiger partial charge < -0.3 is 9.47 Å². The molecule has 2 aromatic rings.